The average molecular weight is 303 g/mol. The predicted octanol–water partition coefficient (Wildman–Crippen LogP) is 2.49. The molecule has 0 saturated carbocycles. The minimum Gasteiger partial charge on any atom is -0.257 e. The van der Waals surface area contributed by atoms with Crippen LogP contribution in [0.4, 0.5) is 4.39 Å². The van der Waals surface area contributed by atoms with Gasteiger partial charge in [0.15, 0.2) is 9.84 Å². The van der Waals surface area contributed by atoms with E-state index in [9.17, 15) is 12.8 Å². The monoisotopic (exact) mass is 302 g/mol. The Labute approximate surface area is 115 Å². The summed E-state index contributed by atoms with van der Waals surface area (Å²) >= 11 is 6.01. The van der Waals surface area contributed by atoms with E-state index in [4.69, 9.17) is 11.6 Å². The van der Waals surface area contributed by atoms with Crippen LogP contribution in [0.2, 0.25) is 5.15 Å². The molecular weight excluding hydrogens is 291 g/mol. The molecule has 7 heteroatoms. The molecule has 0 bridgehead atoms. The summed E-state index contributed by atoms with van der Waals surface area (Å²) in [6.45, 7) is 1.70. The van der Waals surface area contributed by atoms with Crippen molar-refractivity contribution in [2.24, 2.45) is 7.05 Å². The summed E-state index contributed by atoms with van der Waals surface area (Å²) in [5.74, 6) is -0.730. The number of halogens is 2. The zero-order chi connectivity index (χ0) is 14.2. The van der Waals surface area contributed by atoms with Gasteiger partial charge in [-0.15, -0.1) is 0 Å². The maximum Gasteiger partial charge on any atom is 0.182 e. The summed E-state index contributed by atoms with van der Waals surface area (Å²) in [6.07, 6.45) is 0. The van der Waals surface area contributed by atoms with Crippen molar-refractivity contribution in [1.82, 2.24) is 9.78 Å². The summed E-state index contributed by atoms with van der Waals surface area (Å²) < 4.78 is 38.6. The Morgan fingerprint density at radius 1 is 1.32 bits per heavy atom. The van der Waals surface area contributed by atoms with E-state index in [1.807, 2.05) is 0 Å². The van der Waals surface area contributed by atoms with Gasteiger partial charge in [-0.05, 0) is 31.2 Å². The molecule has 0 radical (unpaired) electrons. The lowest BCUT2D eigenvalue weighted by molar-refractivity contribution is 0.594. The molecule has 0 fully saturated rings. The zero-order valence-electron chi connectivity index (χ0n) is 10.4. The van der Waals surface area contributed by atoms with Crippen molar-refractivity contribution in [2.45, 2.75) is 17.6 Å². The summed E-state index contributed by atoms with van der Waals surface area (Å²) in [6, 6.07) is 4.71. The summed E-state index contributed by atoms with van der Waals surface area (Å²) in [5.41, 5.74) is 1.03. The van der Waals surface area contributed by atoms with E-state index >= 15 is 0 Å². The Morgan fingerprint density at radius 2 is 1.89 bits per heavy atom. The van der Waals surface area contributed by atoms with Crippen LogP contribution in [-0.2, 0) is 22.6 Å². The van der Waals surface area contributed by atoms with Gasteiger partial charge in [0.1, 0.15) is 11.0 Å². The van der Waals surface area contributed by atoms with Gasteiger partial charge in [0.2, 0.25) is 0 Å². The number of benzene rings is 1. The standard InChI is InChI=1S/C12H12ClFN2O2S/c1-8-11(12(13)16(2)15-8)7-19(17,18)10-5-3-9(14)4-6-10/h3-6H,7H2,1-2H3. The highest BCUT2D eigenvalue weighted by Gasteiger charge is 2.21. The van der Waals surface area contributed by atoms with Gasteiger partial charge in [-0.25, -0.2) is 12.8 Å². The molecular formula is C12H12ClFN2O2S. The molecule has 2 aromatic rings. The molecule has 1 heterocycles. The van der Waals surface area contributed by atoms with Crippen LogP contribution in [0.15, 0.2) is 29.2 Å². The highest BCUT2D eigenvalue weighted by Crippen LogP contribution is 2.24. The summed E-state index contributed by atoms with van der Waals surface area (Å²) in [7, 11) is -1.92. The van der Waals surface area contributed by atoms with Gasteiger partial charge < -0.3 is 0 Å². The number of hydrogen-bond donors (Lipinski definition) is 0. The summed E-state index contributed by atoms with van der Waals surface area (Å²) in [4.78, 5) is 0.0632. The van der Waals surface area contributed by atoms with E-state index in [2.05, 4.69) is 5.10 Å². The second-order valence-corrected chi connectivity index (χ2v) is 6.54. The van der Waals surface area contributed by atoms with E-state index in [1.54, 1.807) is 14.0 Å². The van der Waals surface area contributed by atoms with Gasteiger partial charge in [0.25, 0.3) is 0 Å². The molecule has 1 aromatic heterocycles. The predicted molar refractivity (Wildman–Crippen MR) is 70.2 cm³/mol. The zero-order valence-corrected chi connectivity index (χ0v) is 12.0. The van der Waals surface area contributed by atoms with Crippen molar-refractivity contribution >= 4 is 21.4 Å². The molecule has 19 heavy (non-hydrogen) atoms. The minimum absolute atomic E-state index is 0.0632. The van der Waals surface area contributed by atoms with Crippen LogP contribution in [0, 0.1) is 12.7 Å². The van der Waals surface area contributed by atoms with Crippen molar-refractivity contribution in [3.05, 3.63) is 46.5 Å². The Kier molecular flexibility index (Phi) is 3.64. The third-order valence-corrected chi connectivity index (χ3v) is 4.91. The Balaban J connectivity index is 2.39. The van der Waals surface area contributed by atoms with Crippen LogP contribution >= 0.6 is 11.6 Å². The van der Waals surface area contributed by atoms with Crippen LogP contribution in [0.25, 0.3) is 0 Å². The van der Waals surface area contributed by atoms with Gasteiger partial charge in [-0.3, -0.25) is 4.68 Å². The van der Waals surface area contributed by atoms with Gasteiger partial charge in [0.05, 0.1) is 16.3 Å². The van der Waals surface area contributed by atoms with E-state index in [0.717, 1.165) is 12.1 Å². The first-order valence-electron chi connectivity index (χ1n) is 5.47. The number of hydrogen-bond acceptors (Lipinski definition) is 3. The van der Waals surface area contributed by atoms with E-state index in [0.29, 0.717) is 16.4 Å². The van der Waals surface area contributed by atoms with Crippen molar-refractivity contribution in [2.75, 3.05) is 0 Å². The highest BCUT2D eigenvalue weighted by atomic mass is 35.5. The fraction of sp³-hybridized carbons (Fsp3) is 0.250. The summed E-state index contributed by atoms with van der Waals surface area (Å²) in [5, 5.41) is 4.36. The fourth-order valence-corrected chi connectivity index (χ4v) is 3.52. The van der Waals surface area contributed by atoms with Crippen molar-refractivity contribution in [1.29, 1.82) is 0 Å². The molecule has 0 atom stereocenters. The van der Waals surface area contributed by atoms with Crippen LogP contribution in [0.3, 0.4) is 0 Å². The van der Waals surface area contributed by atoms with E-state index < -0.39 is 15.7 Å². The van der Waals surface area contributed by atoms with E-state index in [1.165, 1.54) is 16.8 Å². The normalized spacial score (nSPS) is 11.8. The Bertz CT molecular complexity index is 708. The first-order chi connectivity index (χ1) is 8.81. The first kappa shape index (κ1) is 14.0. The van der Waals surface area contributed by atoms with Crippen LogP contribution in [-0.4, -0.2) is 18.2 Å². The molecule has 0 saturated heterocycles. The molecule has 0 aliphatic rings. The Hall–Kier alpha value is -1.40. The van der Waals surface area contributed by atoms with E-state index in [-0.39, 0.29) is 10.6 Å². The molecule has 0 aliphatic heterocycles. The topological polar surface area (TPSA) is 52.0 Å². The molecule has 2 rings (SSSR count). The molecule has 102 valence electrons. The van der Waals surface area contributed by atoms with Crippen LogP contribution in [0.5, 0.6) is 0 Å². The lowest BCUT2D eigenvalue weighted by atomic mass is 10.3. The maximum atomic E-state index is 12.8. The highest BCUT2D eigenvalue weighted by molar-refractivity contribution is 7.90. The largest absolute Gasteiger partial charge is 0.257 e. The quantitative estimate of drug-likeness (QED) is 0.819. The maximum absolute atomic E-state index is 12.8. The minimum atomic E-state index is -3.57. The number of aryl methyl sites for hydroxylation is 2. The van der Waals surface area contributed by atoms with Gasteiger partial charge in [-0.2, -0.15) is 5.10 Å². The molecule has 0 spiro atoms. The molecule has 0 unspecified atom stereocenters. The lowest BCUT2D eigenvalue weighted by Gasteiger charge is -2.04. The lowest BCUT2D eigenvalue weighted by Crippen LogP contribution is -2.06. The SMILES string of the molecule is Cc1nn(C)c(Cl)c1CS(=O)(=O)c1ccc(F)cc1. The first-order valence-corrected chi connectivity index (χ1v) is 7.50. The second-order valence-electron chi connectivity index (χ2n) is 4.19. The molecule has 4 nitrogen and oxygen atoms in total. The smallest absolute Gasteiger partial charge is 0.182 e. The average Bonchev–Trinajstić information content (AvgIpc) is 2.56. The molecule has 0 aliphatic carbocycles. The third-order valence-electron chi connectivity index (χ3n) is 2.78. The van der Waals surface area contributed by atoms with Crippen LogP contribution < -0.4 is 0 Å². The molecule has 1 aromatic carbocycles. The van der Waals surface area contributed by atoms with Crippen molar-refractivity contribution in [3.63, 3.8) is 0 Å². The number of sulfone groups is 1. The fourth-order valence-electron chi connectivity index (χ4n) is 1.75. The number of aromatic nitrogens is 2. The number of rotatable bonds is 3. The van der Waals surface area contributed by atoms with Gasteiger partial charge in [-0.1, -0.05) is 11.6 Å². The van der Waals surface area contributed by atoms with Gasteiger partial charge >= 0.3 is 0 Å². The Morgan fingerprint density at radius 3 is 2.37 bits per heavy atom. The third kappa shape index (κ3) is 2.79. The van der Waals surface area contributed by atoms with Gasteiger partial charge in [0, 0.05) is 12.6 Å². The van der Waals surface area contributed by atoms with Crippen LogP contribution in [0.1, 0.15) is 11.3 Å². The molecule has 0 N–H and O–H groups in total. The van der Waals surface area contributed by atoms with Crippen molar-refractivity contribution in [3.8, 4) is 0 Å². The second kappa shape index (κ2) is 4.94. The van der Waals surface area contributed by atoms with Crippen molar-refractivity contribution < 1.29 is 12.8 Å². The molecule has 0 amide bonds. The number of nitrogens with zero attached hydrogens (tertiary/aromatic N) is 2.